The Labute approximate surface area is 147 Å². The number of ether oxygens (including phenoxy) is 1. The molecule has 0 atom stereocenters. The Bertz CT molecular complexity index is 973. The average Bonchev–Trinajstić information content (AvgIpc) is 2.95. The molecular formula is C16H18N2O5S2. The number of anilines is 2. The van der Waals surface area contributed by atoms with Gasteiger partial charge in [-0.1, -0.05) is 18.2 Å². The molecule has 3 rings (SSSR count). The molecule has 1 heterocycles. The summed E-state index contributed by atoms with van der Waals surface area (Å²) in [6, 6.07) is 12.5. The van der Waals surface area contributed by atoms with Crippen molar-refractivity contribution in [1.29, 1.82) is 0 Å². The molecule has 0 amide bonds. The second kappa shape index (κ2) is 6.57. The third kappa shape index (κ3) is 3.57. The highest BCUT2D eigenvalue weighted by molar-refractivity contribution is 7.93. The van der Waals surface area contributed by atoms with Crippen LogP contribution in [0.4, 0.5) is 11.4 Å². The highest BCUT2D eigenvalue weighted by Crippen LogP contribution is 2.34. The predicted molar refractivity (Wildman–Crippen MR) is 96.0 cm³/mol. The van der Waals surface area contributed by atoms with Crippen LogP contribution in [0.15, 0.2) is 53.4 Å². The zero-order valence-electron chi connectivity index (χ0n) is 13.5. The van der Waals surface area contributed by atoms with E-state index in [0.717, 1.165) is 0 Å². The highest BCUT2D eigenvalue weighted by Gasteiger charge is 2.29. The van der Waals surface area contributed by atoms with E-state index in [1.54, 1.807) is 24.3 Å². The maximum atomic E-state index is 12.4. The molecule has 9 heteroatoms. The number of sulfonamides is 2. The summed E-state index contributed by atoms with van der Waals surface area (Å²) >= 11 is 0. The van der Waals surface area contributed by atoms with Crippen molar-refractivity contribution in [2.24, 2.45) is 0 Å². The number of rotatable bonds is 5. The van der Waals surface area contributed by atoms with Crippen molar-refractivity contribution in [2.75, 3.05) is 28.4 Å². The van der Waals surface area contributed by atoms with Crippen LogP contribution in [0.25, 0.3) is 0 Å². The molecule has 25 heavy (non-hydrogen) atoms. The van der Waals surface area contributed by atoms with E-state index in [-0.39, 0.29) is 22.1 Å². The summed E-state index contributed by atoms with van der Waals surface area (Å²) in [6.07, 6.45) is 0.563. The third-order valence-corrected chi connectivity index (χ3v) is 7.12. The SMILES string of the molecule is COc1cc(N2CCCS2(=O)=O)ccc1NS(=O)(=O)c1ccccc1. The summed E-state index contributed by atoms with van der Waals surface area (Å²) in [5, 5.41) is 0. The van der Waals surface area contributed by atoms with Gasteiger partial charge in [0, 0.05) is 12.6 Å². The first-order valence-corrected chi connectivity index (χ1v) is 10.7. The number of nitrogens with one attached hydrogen (secondary N) is 1. The molecule has 0 spiro atoms. The van der Waals surface area contributed by atoms with Crippen molar-refractivity contribution in [3.63, 3.8) is 0 Å². The molecule has 7 nitrogen and oxygen atoms in total. The van der Waals surface area contributed by atoms with Gasteiger partial charge in [0.05, 0.1) is 29.1 Å². The number of hydrogen-bond acceptors (Lipinski definition) is 5. The van der Waals surface area contributed by atoms with Crippen molar-refractivity contribution in [2.45, 2.75) is 11.3 Å². The van der Waals surface area contributed by atoms with E-state index < -0.39 is 20.0 Å². The molecule has 0 bridgehead atoms. The molecule has 0 unspecified atom stereocenters. The summed E-state index contributed by atoms with van der Waals surface area (Å²) in [5.41, 5.74) is 0.698. The van der Waals surface area contributed by atoms with Crippen LogP contribution in [0.5, 0.6) is 5.75 Å². The van der Waals surface area contributed by atoms with Crippen LogP contribution < -0.4 is 13.8 Å². The van der Waals surface area contributed by atoms with Crippen LogP contribution in [0, 0.1) is 0 Å². The summed E-state index contributed by atoms with van der Waals surface area (Å²) in [5.74, 6) is 0.358. The minimum atomic E-state index is -3.76. The van der Waals surface area contributed by atoms with Gasteiger partial charge in [-0.3, -0.25) is 9.03 Å². The van der Waals surface area contributed by atoms with E-state index in [4.69, 9.17) is 4.74 Å². The second-order valence-corrected chi connectivity index (χ2v) is 9.24. The number of nitrogens with zero attached hydrogens (tertiary/aromatic N) is 1. The largest absolute Gasteiger partial charge is 0.494 e. The van der Waals surface area contributed by atoms with Gasteiger partial charge in [-0.15, -0.1) is 0 Å². The molecule has 2 aromatic carbocycles. The fourth-order valence-electron chi connectivity index (χ4n) is 2.65. The maximum absolute atomic E-state index is 12.4. The lowest BCUT2D eigenvalue weighted by molar-refractivity contribution is 0.417. The average molecular weight is 382 g/mol. The first-order valence-electron chi connectivity index (χ1n) is 7.60. The van der Waals surface area contributed by atoms with Crippen LogP contribution >= 0.6 is 0 Å². The summed E-state index contributed by atoms with van der Waals surface area (Å²) in [6.45, 7) is 0.403. The third-order valence-electron chi connectivity index (χ3n) is 3.87. The van der Waals surface area contributed by atoms with Crippen LogP contribution in [-0.2, 0) is 20.0 Å². The monoisotopic (exact) mass is 382 g/mol. The minimum absolute atomic E-state index is 0.109. The van der Waals surface area contributed by atoms with Gasteiger partial charge in [0.1, 0.15) is 5.75 Å². The quantitative estimate of drug-likeness (QED) is 0.854. The van der Waals surface area contributed by atoms with Gasteiger partial charge in [-0.2, -0.15) is 0 Å². The van der Waals surface area contributed by atoms with Gasteiger partial charge in [-0.05, 0) is 30.7 Å². The lowest BCUT2D eigenvalue weighted by Gasteiger charge is -2.19. The smallest absolute Gasteiger partial charge is 0.262 e. The van der Waals surface area contributed by atoms with Gasteiger partial charge in [0.15, 0.2) is 0 Å². The fourth-order valence-corrected chi connectivity index (χ4v) is 5.30. The van der Waals surface area contributed by atoms with Gasteiger partial charge < -0.3 is 4.74 Å². The first kappa shape index (κ1) is 17.6. The Hall–Kier alpha value is -2.26. The van der Waals surface area contributed by atoms with Crippen molar-refractivity contribution < 1.29 is 21.6 Å². The summed E-state index contributed by atoms with van der Waals surface area (Å²) in [7, 11) is -5.68. The standard InChI is InChI=1S/C16H18N2O5S2/c1-23-16-12-13(18-10-5-11-24(18,19)20)8-9-15(16)17-25(21,22)14-6-3-2-4-7-14/h2-4,6-9,12,17H,5,10-11H2,1H3. The van der Waals surface area contributed by atoms with Crippen LogP contribution in [-0.4, -0.2) is 36.2 Å². The number of benzene rings is 2. The topological polar surface area (TPSA) is 92.8 Å². The number of hydrogen-bond donors (Lipinski definition) is 1. The zero-order chi connectivity index (χ0) is 18.1. The zero-order valence-corrected chi connectivity index (χ0v) is 15.2. The molecule has 2 aromatic rings. The van der Waals surface area contributed by atoms with E-state index in [2.05, 4.69) is 4.72 Å². The molecule has 1 aliphatic rings. The minimum Gasteiger partial charge on any atom is -0.494 e. The van der Waals surface area contributed by atoms with Crippen molar-refractivity contribution in [1.82, 2.24) is 0 Å². The van der Waals surface area contributed by atoms with E-state index >= 15 is 0 Å². The number of methoxy groups -OCH3 is 1. The molecule has 1 saturated heterocycles. The lowest BCUT2D eigenvalue weighted by Crippen LogP contribution is -2.25. The van der Waals surface area contributed by atoms with E-state index in [9.17, 15) is 16.8 Å². The van der Waals surface area contributed by atoms with Gasteiger partial charge >= 0.3 is 0 Å². The second-order valence-electron chi connectivity index (χ2n) is 5.54. The molecule has 1 fully saturated rings. The highest BCUT2D eigenvalue weighted by atomic mass is 32.2. The van der Waals surface area contributed by atoms with Gasteiger partial charge in [0.2, 0.25) is 10.0 Å². The fraction of sp³-hybridized carbons (Fsp3) is 0.250. The molecule has 0 aliphatic carbocycles. The first-order chi connectivity index (χ1) is 11.8. The van der Waals surface area contributed by atoms with Crippen molar-refractivity contribution in [3.05, 3.63) is 48.5 Å². The van der Waals surface area contributed by atoms with Gasteiger partial charge in [0.25, 0.3) is 10.0 Å². The molecule has 1 aliphatic heterocycles. The molecular weight excluding hydrogens is 364 g/mol. The van der Waals surface area contributed by atoms with Crippen LogP contribution in [0.1, 0.15) is 6.42 Å². The van der Waals surface area contributed by atoms with Crippen molar-refractivity contribution >= 4 is 31.4 Å². The van der Waals surface area contributed by atoms with E-state index in [0.29, 0.717) is 18.7 Å². The van der Waals surface area contributed by atoms with Crippen molar-refractivity contribution in [3.8, 4) is 5.75 Å². The lowest BCUT2D eigenvalue weighted by atomic mass is 10.2. The molecule has 0 saturated carbocycles. The van der Waals surface area contributed by atoms with Crippen LogP contribution in [0.2, 0.25) is 0 Å². The molecule has 0 aromatic heterocycles. The summed E-state index contributed by atoms with van der Waals surface area (Å²) < 4.78 is 58.0. The normalized spacial score (nSPS) is 16.6. The van der Waals surface area contributed by atoms with E-state index in [1.807, 2.05) is 0 Å². The van der Waals surface area contributed by atoms with E-state index in [1.165, 1.54) is 35.7 Å². The Morgan fingerprint density at radius 3 is 2.44 bits per heavy atom. The Kier molecular flexibility index (Phi) is 4.61. The Morgan fingerprint density at radius 2 is 1.84 bits per heavy atom. The summed E-state index contributed by atoms with van der Waals surface area (Å²) in [4.78, 5) is 0.128. The Morgan fingerprint density at radius 1 is 1.12 bits per heavy atom. The molecule has 0 radical (unpaired) electrons. The van der Waals surface area contributed by atoms with Crippen LogP contribution in [0.3, 0.4) is 0 Å². The predicted octanol–water partition coefficient (Wildman–Crippen LogP) is 2.04. The van der Waals surface area contributed by atoms with Gasteiger partial charge in [-0.25, -0.2) is 16.8 Å². The molecule has 134 valence electrons. The Balaban J connectivity index is 1.93. The maximum Gasteiger partial charge on any atom is 0.262 e. The molecule has 1 N–H and O–H groups in total.